The SMILES string of the molecule is Cc1ccc(C)n1NC(=O)c1ccc(O[C@H](C)C(=O)Nc2cccc(F)c2)cc1. The number of aryl methyl sites for hydroxylation is 2. The van der Waals surface area contributed by atoms with Crippen LogP contribution >= 0.6 is 0 Å². The number of nitrogens with zero attached hydrogens (tertiary/aromatic N) is 1. The molecule has 29 heavy (non-hydrogen) atoms. The molecule has 3 rings (SSSR count). The molecule has 0 fully saturated rings. The van der Waals surface area contributed by atoms with E-state index >= 15 is 0 Å². The van der Waals surface area contributed by atoms with Crippen molar-refractivity contribution in [1.82, 2.24) is 4.68 Å². The van der Waals surface area contributed by atoms with E-state index < -0.39 is 17.8 Å². The zero-order chi connectivity index (χ0) is 21.0. The number of nitrogens with one attached hydrogen (secondary N) is 2. The van der Waals surface area contributed by atoms with Crippen molar-refractivity contribution in [3.8, 4) is 5.75 Å². The number of rotatable bonds is 6. The molecule has 0 bridgehead atoms. The number of amides is 2. The lowest BCUT2D eigenvalue weighted by molar-refractivity contribution is -0.122. The molecule has 0 saturated carbocycles. The Morgan fingerprint density at radius 3 is 2.28 bits per heavy atom. The van der Waals surface area contributed by atoms with Gasteiger partial charge in [0.25, 0.3) is 11.8 Å². The van der Waals surface area contributed by atoms with Gasteiger partial charge < -0.3 is 10.1 Å². The van der Waals surface area contributed by atoms with E-state index in [-0.39, 0.29) is 5.91 Å². The summed E-state index contributed by atoms with van der Waals surface area (Å²) in [5.74, 6) is -0.654. The van der Waals surface area contributed by atoms with Crippen LogP contribution in [0.1, 0.15) is 28.7 Å². The molecular formula is C22H22FN3O3. The minimum absolute atomic E-state index is 0.254. The van der Waals surface area contributed by atoms with Crippen molar-refractivity contribution in [2.24, 2.45) is 0 Å². The van der Waals surface area contributed by atoms with Crippen LogP contribution in [0, 0.1) is 19.7 Å². The molecule has 7 heteroatoms. The predicted molar refractivity (Wildman–Crippen MR) is 109 cm³/mol. The van der Waals surface area contributed by atoms with Gasteiger partial charge in [-0.25, -0.2) is 4.39 Å². The Balaban J connectivity index is 1.59. The third-order valence-electron chi connectivity index (χ3n) is 4.38. The molecule has 0 spiro atoms. The first-order chi connectivity index (χ1) is 13.8. The molecule has 0 aliphatic carbocycles. The molecule has 1 aromatic heterocycles. The predicted octanol–water partition coefficient (Wildman–Crippen LogP) is 4.03. The summed E-state index contributed by atoms with van der Waals surface area (Å²) in [4.78, 5) is 24.6. The largest absolute Gasteiger partial charge is 0.481 e. The number of hydrogen-bond donors (Lipinski definition) is 2. The Morgan fingerprint density at radius 2 is 1.66 bits per heavy atom. The molecule has 2 aromatic carbocycles. The first kappa shape index (κ1) is 20.1. The minimum Gasteiger partial charge on any atom is -0.481 e. The second kappa shape index (κ2) is 8.60. The Labute approximate surface area is 168 Å². The van der Waals surface area contributed by atoms with Crippen molar-refractivity contribution in [2.45, 2.75) is 26.9 Å². The second-order valence-electron chi connectivity index (χ2n) is 6.68. The Bertz CT molecular complexity index is 1010. The van der Waals surface area contributed by atoms with Gasteiger partial charge in [0.1, 0.15) is 11.6 Å². The Morgan fingerprint density at radius 1 is 1.00 bits per heavy atom. The van der Waals surface area contributed by atoms with E-state index in [1.165, 1.54) is 18.2 Å². The summed E-state index contributed by atoms with van der Waals surface area (Å²) in [7, 11) is 0. The highest BCUT2D eigenvalue weighted by Crippen LogP contribution is 2.16. The first-order valence-corrected chi connectivity index (χ1v) is 9.13. The van der Waals surface area contributed by atoms with Gasteiger partial charge in [0, 0.05) is 22.6 Å². The summed E-state index contributed by atoms with van der Waals surface area (Å²) in [6, 6.07) is 16.0. The second-order valence-corrected chi connectivity index (χ2v) is 6.68. The lowest BCUT2D eigenvalue weighted by atomic mass is 10.2. The molecule has 6 nitrogen and oxygen atoms in total. The number of benzene rings is 2. The number of halogens is 1. The summed E-state index contributed by atoms with van der Waals surface area (Å²) >= 11 is 0. The normalized spacial score (nSPS) is 11.6. The molecule has 0 aliphatic heterocycles. The monoisotopic (exact) mass is 395 g/mol. The third kappa shape index (κ3) is 5.01. The number of carbonyl (C=O) groups is 2. The topological polar surface area (TPSA) is 72.4 Å². The highest BCUT2D eigenvalue weighted by Gasteiger charge is 2.16. The highest BCUT2D eigenvalue weighted by molar-refractivity contribution is 6.00. The Kier molecular flexibility index (Phi) is 5.97. The van der Waals surface area contributed by atoms with Gasteiger partial charge in [-0.05, 0) is 75.4 Å². The van der Waals surface area contributed by atoms with Gasteiger partial charge in [-0.2, -0.15) is 0 Å². The standard InChI is InChI=1S/C22H22FN3O3/c1-14-7-8-15(2)26(14)25-22(28)17-9-11-20(12-10-17)29-16(3)21(27)24-19-6-4-5-18(23)13-19/h4-13,16H,1-3H3,(H,24,27)(H,25,28)/t16-/m1/s1. The van der Waals surface area contributed by atoms with Crippen LogP contribution in [-0.4, -0.2) is 22.6 Å². The van der Waals surface area contributed by atoms with E-state index in [1.807, 2.05) is 26.0 Å². The molecule has 0 saturated heterocycles. The molecule has 3 aromatic rings. The van der Waals surface area contributed by atoms with Crippen molar-refractivity contribution in [2.75, 3.05) is 10.7 Å². The van der Waals surface area contributed by atoms with Crippen LogP contribution in [0.3, 0.4) is 0 Å². The lowest BCUT2D eigenvalue weighted by Crippen LogP contribution is -2.30. The first-order valence-electron chi connectivity index (χ1n) is 9.13. The van der Waals surface area contributed by atoms with E-state index in [0.29, 0.717) is 17.0 Å². The molecule has 2 N–H and O–H groups in total. The number of carbonyl (C=O) groups excluding carboxylic acids is 2. The van der Waals surface area contributed by atoms with E-state index in [2.05, 4.69) is 10.7 Å². The molecule has 2 amide bonds. The fraction of sp³-hybridized carbons (Fsp3) is 0.182. The molecule has 1 heterocycles. The van der Waals surface area contributed by atoms with Gasteiger partial charge in [0.2, 0.25) is 0 Å². The number of ether oxygens (including phenoxy) is 1. The van der Waals surface area contributed by atoms with Crippen molar-refractivity contribution in [3.63, 3.8) is 0 Å². The highest BCUT2D eigenvalue weighted by atomic mass is 19.1. The fourth-order valence-corrected chi connectivity index (χ4v) is 2.76. The molecule has 0 aliphatic rings. The summed E-state index contributed by atoms with van der Waals surface area (Å²) in [6.45, 7) is 5.40. The van der Waals surface area contributed by atoms with Gasteiger partial charge >= 0.3 is 0 Å². The van der Waals surface area contributed by atoms with Gasteiger partial charge in [-0.1, -0.05) is 6.07 Å². The van der Waals surface area contributed by atoms with E-state index in [9.17, 15) is 14.0 Å². The zero-order valence-corrected chi connectivity index (χ0v) is 16.4. The van der Waals surface area contributed by atoms with E-state index in [4.69, 9.17) is 4.74 Å². The number of hydrogen-bond acceptors (Lipinski definition) is 3. The smallest absolute Gasteiger partial charge is 0.270 e. The van der Waals surface area contributed by atoms with Crippen LogP contribution in [0.4, 0.5) is 10.1 Å². The number of aromatic nitrogens is 1. The van der Waals surface area contributed by atoms with Crippen LogP contribution in [0.5, 0.6) is 5.75 Å². The average Bonchev–Trinajstić information content (AvgIpc) is 3.00. The summed E-state index contributed by atoms with van der Waals surface area (Å²) in [6.07, 6.45) is -0.803. The van der Waals surface area contributed by atoms with E-state index in [0.717, 1.165) is 11.4 Å². The van der Waals surface area contributed by atoms with Crippen molar-refractivity contribution in [1.29, 1.82) is 0 Å². The van der Waals surface area contributed by atoms with Crippen LogP contribution in [0.2, 0.25) is 0 Å². The summed E-state index contributed by atoms with van der Waals surface area (Å²) in [5.41, 5.74) is 5.49. The maximum atomic E-state index is 13.2. The average molecular weight is 395 g/mol. The van der Waals surface area contributed by atoms with Crippen LogP contribution in [-0.2, 0) is 4.79 Å². The van der Waals surface area contributed by atoms with Gasteiger partial charge in [-0.15, -0.1) is 0 Å². The minimum atomic E-state index is -0.803. The van der Waals surface area contributed by atoms with Gasteiger partial charge in [-0.3, -0.25) is 19.7 Å². The molecular weight excluding hydrogens is 373 g/mol. The quantitative estimate of drug-likeness (QED) is 0.662. The Hall–Kier alpha value is -3.61. The van der Waals surface area contributed by atoms with E-state index in [1.54, 1.807) is 41.9 Å². The zero-order valence-electron chi connectivity index (χ0n) is 16.4. The molecule has 1 atom stereocenters. The third-order valence-corrected chi connectivity index (χ3v) is 4.38. The maximum Gasteiger partial charge on any atom is 0.270 e. The van der Waals surface area contributed by atoms with Crippen molar-refractivity contribution in [3.05, 3.63) is 83.4 Å². The van der Waals surface area contributed by atoms with Gasteiger partial charge in [0.05, 0.1) is 0 Å². The van der Waals surface area contributed by atoms with Crippen molar-refractivity contribution >= 4 is 17.5 Å². The molecule has 0 unspecified atom stereocenters. The summed E-state index contributed by atoms with van der Waals surface area (Å²) < 4.78 is 20.5. The lowest BCUT2D eigenvalue weighted by Gasteiger charge is -2.15. The molecule has 0 radical (unpaired) electrons. The fourth-order valence-electron chi connectivity index (χ4n) is 2.76. The summed E-state index contributed by atoms with van der Waals surface area (Å²) in [5, 5.41) is 2.60. The van der Waals surface area contributed by atoms with Crippen LogP contribution < -0.4 is 15.5 Å². The molecule has 150 valence electrons. The maximum absolute atomic E-state index is 13.2. The number of anilines is 1. The van der Waals surface area contributed by atoms with Crippen molar-refractivity contribution < 1.29 is 18.7 Å². The van der Waals surface area contributed by atoms with Gasteiger partial charge in [0.15, 0.2) is 6.10 Å². The van der Waals surface area contributed by atoms with Crippen LogP contribution in [0.25, 0.3) is 0 Å². The van der Waals surface area contributed by atoms with Crippen LogP contribution in [0.15, 0.2) is 60.7 Å².